The molecule has 20 heavy (non-hydrogen) atoms. The zero-order chi connectivity index (χ0) is 15.4. The molecule has 0 aliphatic carbocycles. The van der Waals surface area contributed by atoms with Gasteiger partial charge in [0.15, 0.2) is 0 Å². The fourth-order valence-electron chi connectivity index (χ4n) is 2.48. The molecule has 1 heterocycles. The van der Waals surface area contributed by atoms with Gasteiger partial charge in [-0.25, -0.2) is 9.59 Å². The van der Waals surface area contributed by atoms with E-state index in [2.05, 4.69) is 24.1 Å². The van der Waals surface area contributed by atoms with Crippen LogP contribution in [0.25, 0.3) is 0 Å². The molecular formula is C14H27N3O3. The van der Waals surface area contributed by atoms with E-state index < -0.39 is 12.0 Å². The van der Waals surface area contributed by atoms with Crippen LogP contribution in [0, 0.1) is 5.92 Å². The Bertz CT molecular complexity index is 350. The summed E-state index contributed by atoms with van der Waals surface area (Å²) in [5, 5.41) is 11.9. The summed E-state index contributed by atoms with van der Waals surface area (Å²) in [6.45, 7) is 9.15. The van der Waals surface area contributed by atoms with Crippen molar-refractivity contribution < 1.29 is 14.7 Å². The predicted octanol–water partition coefficient (Wildman–Crippen LogP) is 1.22. The molecular weight excluding hydrogens is 258 g/mol. The number of hydrogen-bond acceptors (Lipinski definition) is 3. The molecule has 2 N–H and O–H groups in total. The van der Waals surface area contributed by atoms with Crippen LogP contribution in [0.5, 0.6) is 0 Å². The molecule has 116 valence electrons. The topological polar surface area (TPSA) is 72.9 Å². The Morgan fingerprint density at radius 3 is 2.20 bits per heavy atom. The first-order valence-corrected chi connectivity index (χ1v) is 7.28. The van der Waals surface area contributed by atoms with Crippen molar-refractivity contribution in [3.63, 3.8) is 0 Å². The van der Waals surface area contributed by atoms with Crippen LogP contribution in [-0.4, -0.2) is 65.2 Å². The summed E-state index contributed by atoms with van der Waals surface area (Å²) in [5.41, 5.74) is 0. The van der Waals surface area contributed by atoms with Crippen molar-refractivity contribution in [1.29, 1.82) is 0 Å². The van der Waals surface area contributed by atoms with E-state index in [1.807, 2.05) is 20.9 Å². The van der Waals surface area contributed by atoms with E-state index in [1.165, 1.54) is 0 Å². The van der Waals surface area contributed by atoms with E-state index in [4.69, 9.17) is 0 Å². The van der Waals surface area contributed by atoms with Gasteiger partial charge < -0.3 is 15.3 Å². The number of amides is 2. The normalized spacial score (nSPS) is 26.9. The van der Waals surface area contributed by atoms with Gasteiger partial charge in [-0.1, -0.05) is 20.3 Å². The molecule has 0 aromatic carbocycles. The third kappa shape index (κ3) is 3.85. The first-order valence-electron chi connectivity index (χ1n) is 7.28. The minimum atomic E-state index is -0.970. The Morgan fingerprint density at radius 1 is 1.30 bits per heavy atom. The lowest BCUT2D eigenvalue weighted by molar-refractivity contribution is -0.140. The maximum absolute atomic E-state index is 12.3. The number of urea groups is 1. The Hall–Kier alpha value is -1.30. The molecule has 1 fully saturated rings. The van der Waals surface area contributed by atoms with Gasteiger partial charge in [-0.2, -0.15) is 0 Å². The molecule has 6 heteroatoms. The number of hydrogen-bond donors (Lipinski definition) is 2. The molecule has 2 amide bonds. The maximum Gasteiger partial charge on any atom is 0.326 e. The Kier molecular flexibility index (Phi) is 5.80. The van der Waals surface area contributed by atoms with E-state index in [1.54, 1.807) is 4.90 Å². The van der Waals surface area contributed by atoms with Crippen LogP contribution < -0.4 is 5.32 Å². The summed E-state index contributed by atoms with van der Waals surface area (Å²) in [5.74, 6) is -1.05. The monoisotopic (exact) mass is 285 g/mol. The summed E-state index contributed by atoms with van der Waals surface area (Å²) in [4.78, 5) is 27.5. The minimum absolute atomic E-state index is 0.0845. The standard InChI is InChI=1S/C14H27N3O3/c1-6-9(2)12(13(18)19)15-14(20)17-7-10(3)16(5)11(4)8-17/h9-12H,6-8H2,1-5H3,(H,15,20)(H,18,19). The van der Waals surface area contributed by atoms with Gasteiger partial charge in [0.25, 0.3) is 0 Å². The zero-order valence-electron chi connectivity index (χ0n) is 13.1. The smallest absolute Gasteiger partial charge is 0.326 e. The molecule has 6 nitrogen and oxygen atoms in total. The molecule has 0 radical (unpaired) electrons. The number of likely N-dealkylation sites (N-methyl/N-ethyl adjacent to an activating group) is 1. The Morgan fingerprint density at radius 2 is 1.80 bits per heavy atom. The lowest BCUT2D eigenvalue weighted by Gasteiger charge is -2.42. The highest BCUT2D eigenvalue weighted by atomic mass is 16.4. The van der Waals surface area contributed by atoms with Crippen LogP contribution in [0.1, 0.15) is 34.1 Å². The van der Waals surface area contributed by atoms with E-state index in [0.29, 0.717) is 19.5 Å². The van der Waals surface area contributed by atoms with Gasteiger partial charge in [-0.15, -0.1) is 0 Å². The molecule has 1 aliphatic heterocycles. The van der Waals surface area contributed by atoms with Gasteiger partial charge >= 0.3 is 12.0 Å². The van der Waals surface area contributed by atoms with Crippen LogP contribution in [0.4, 0.5) is 4.79 Å². The van der Waals surface area contributed by atoms with Crippen molar-refractivity contribution in [2.24, 2.45) is 5.92 Å². The SMILES string of the molecule is CCC(C)C(NC(=O)N1CC(C)N(C)C(C)C1)C(=O)O. The third-order valence-electron chi connectivity index (χ3n) is 4.40. The molecule has 0 aromatic heterocycles. The minimum Gasteiger partial charge on any atom is -0.480 e. The van der Waals surface area contributed by atoms with E-state index in [9.17, 15) is 14.7 Å². The number of carboxylic acid groups (broad SMARTS) is 1. The van der Waals surface area contributed by atoms with Crippen LogP contribution in [0.2, 0.25) is 0 Å². The molecule has 1 aliphatic rings. The van der Waals surface area contributed by atoms with Crippen LogP contribution >= 0.6 is 0 Å². The number of nitrogens with zero attached hydrogens (tertiary/aromatic N) is 2. The van der Waals surface area contributed by atoms with Crippen molar-refractivity contribution in [3.8, 4) is 0 Å². The summed E-state index contributed by atoms with van der Waals surface area (Å²) >= 11 is 0. The van der Waals surface area contributed by atoms with E-state index in [0.717, 1.165) is 0 Å². The highest BCUT2D eigenvalue weighted by molar-refractivity contribution is 5.82. The highest BCUT2D eigenvalue weighted by Gasteiger charge is 2.32. The number of piperazine rings is 1. The van der Waals surface area contributed by atoms with Crippen molar-refractivity contribution in [2.75, 3.05) is 20.1 Å². The van der Waals surface area contributed by atoms with Gasteiger partial charge in [0, 0.05) is 25.2 Å². The van der Waals surface area contributed by atoms with E-state index >= 15 is 0 Å². The number of rotatable bonds is 4. The van der Waals surface area contributed by atoms with Gasteiger partial charge in [0.2, 0.25) is 0 Å². The summed E-state index contributed by atoms with van der Waals surface area (Å²) in [6, 6.07) is -0.546. The lowest BCUT2D eigenvalue weighted by atomic mass is 9.99. The molecule has 1 rings (SSSR count). The first-order chi connectivity index (χ1) is 9.27. The van der Waals surface area contributed by atoms with Crippen molar-refractivity contribution >= 4 is 12.0 Å². The predicted molar refractivity (Wildman–Crippen MR) is 77.7 cm³/mol. The number of aliphatic carboxylic acids is 1. The molecule has 0 bridgehead atoms. The van der Waals surface area contributed by atoms with Crippen LogP contribution in [-0.2, 0) is 4.79 Å². The van der Waals surface area contributed by atoms with Gasteiger partial charge in [-0.3, -0.25) is 4.90 Å². The number of carbonyl (C=O) groups is 2. The number of carbonyl (C=O) groups excluding carboxylic acids is 1. The number of nitrogens with one attached hydrogen (secondary N) is 1. The molecule has 0 spiro atoms. The lowest BCUT2D eigenvalue weighted by Crippen LogP contribution is -2.60. The average molecular weight is 285 g/mol. The average Bonchev–Trinajstić information content (AvgIpc) is 2.39. The molecule has 4 unspecified atom stereocenters. The highest BCUT2D eigenvalue weighted by Crippen LogP contribution is 2.14. The summed E-state index contributed by atoms with van der Waals surface area (Å²) in [7, 11) is 2.05. The second kappa shape index (κ2) is 6.92. The molecule has 0 aromatic rings. The van der Waals surface area contributed by atoms with Crippen LogP contribution in [0.3, 0.4) is 0 Å². The largest absolute Gasteiger partial charge is 0.480 e. The molecule has 1 saturated heterocycles. The third-order valence-corrected chi connectivity index (χ3v) is 4.40. The van der Waals surface area contributed by atoms with E-state index in [-0.39, 0.29) is 24.0 Å². The Labute approximate surface area is 121 Å². The van der Waals surface area contributed by atoms with Crippen molar-refractivity contribution in [3.05, 3.63) is 0 Å². The van der Waals surface area contributed by atoms with Gasteiger partial charge in [-0.05, 0) is 26.8 Å². The summed E-state index contributed by atoms with van der Waals surface area (Å²) in [6.07, 6.45) is 0.715. The van der Waals surface area contributed by atoms with Gasteiger partial charge in [0.05, 0.1) is 0 Å². The fraction of sp³-hybridized carbons (Fsp3) is 0.857. The Balaban J connectivity index is 2.68. The number of carboxylic acids is 1. The molecule has 0 saturated carbocycles. The van der Waals surface area contributed by atoms with Crippen molar-refractivity contribution in [2.45, 2.75) is 52.2 Å². The maximum atomic E-state index is 12.3. The van der Waals surface area contributed by atoms with Gasteiger partial charge in [0.1, 0.15) is 6.04 Å². The fourth-order valence-corrected chi connectivity index (χ4v) is 2.48. The summed E-state index contributed by atoms with van der Waals surface area (Å²) < 4.78 is 0. The quantitative estimate of drug-likeness (QED) is 0.814. The van der Waals surface area contributed by atoms with Crippen molar-refractivity contribution in [1.82, 2.24) is 15.1 Å². The second-order valence-electron chi connectivity index (χ2n) is 5.92. The second-order valence-corrected chi connectivity index (χ2v) is 5.92. The van der Waals surface area contributed by atoms with Crippen LogP contribution in [0.15, 0.2) is 0 Å². The molecule has 4 atom stereocenters. The zero-order valence-corrected chi connectivity index (χ0v) is 13.1. The first kappa shape index (κ1) is 16.8.